The number of likely N-dealkylation sites (N-methyl/N-ethyl adjacent to an activating group) is 1. The highest BCUT2D eigenvalue weighted by Gasteiger charge is 2.08. The lowest BCUT2D eigenvalue weighted by Gasteiger charge is -2.17. The van der Waals surface area contributed by atoms with Gasteiger partial charge in [-0.3, -0.25) is 0 Å². The molecule has 0 atom stereocenters. The van der Waals surface area contributed by atoms with E-state index in [2.05, 4.69) is 22.0 Å². The fourth-order valence-corrected chi connectivity index (χ4v) is 2.08. The molecule has 0 bridgehead atoms. The number of hydrogen-bond donors (Lipinski definition) is 1. The van der Waals surface area contributed by atoms with Crippen molar-refractivity contribution >= 4 is 0 Å². The van der Waals surface area contributed by atoms with Crippen LogP contribution in [0.15, 0.2) is 34.9 Å². The molecule has 108 valence electrons. The Morgan fingerprint density at radius 2 is 2.00 bits per heavy atom. The molecule has 0 amide bonds. The van der Waals surface area contributed by atoms with Crippen molar-refractivity contribution in [3.8, 4) is 11.4 Å². The summed E-state index contributed by atoms with van der Waals surface area (Å²) in [5, 5.41) is 12.9. The van der Waals surface area contributed by atoms with Crippen molar-refractivity contribution in [2.45, 2.75) is 19.8 Å². The number of benzene rings is 1. The molecule has 5 heteroatoms. The molecule has 1 N–H and O–H groups in total. The number of rotatable bonds is 8. The smallest absolute Gasteiger partial charge is 0.227 e. The molecular weight excluding hydrogens is 254 g/mol. The van der Waals surface area contributed by atoms with Crippen LogP contribution in [0, 0.1) is 0 Å². The van der Waals surface area contributed by atoms with E-state index in [1.54, 1.807) is 0 Å². The van der Waals surface area contributed by atoms with E-state index in [1.807, 2.05) is 30.3 Å². The summed E-state index contributed by atoms with van der Waals surface area (Å²) in [6, 6.07) is 9.81. The SMILES string of the molecule is CCN(CCO)CCCc1nc(-c2ccccc2)no1. The van der Waals surface area contributed by atoms with E-state index in [0.29, 0.717) is 11.7 Å². The lowest BCUT2D eigenvalue weighted by Crippen LogP contribution is -2.27. The average Bonchev–Trinajstić information content (AvgIpc) is 2.96. The summed E-state index contributed by atoms with van der Waals surface area (Å²) in [4.78, 5) is 6.61. The van der Waals surface area contributed by atoms with Gasteiger partial charge in [0, 0.05) is 18.5 Å². The van der Waals surface area contributed by atoms with Crippen LogP contribution in [0.2, 0.25) is 0 Å². The van der Waals surface area contributed by atoms with Crippen LogP contribution in [0.5, 0.6) is 0 Å². The highest BCUT2D eigenvalue weighted by Crippen LogP contribution is 2.15. The van der Waals surface area contributed by atoms with Gasteiger partial charge in [-0.2, -0.15) is 4.98 Å². The predicted molar refractivity (Wildman–Crippen MR) is 77.3 cm³/mol. The van der Waals surface area contributed by atoms with Gasteiger partial charge in [-0.05, 0) is 19.5 Å². The van der Waals surface area contributed by atoms with Crippen LogP contribution in [0.3, 0.4) is 0 Å². The predicted octanol–water partition coefficient (Wildman–Crippen LogP) is 1.98. The Kier molecular flexibility index (Phi) is 5.70. The highest BCUT2D eigenvalue weighted by molar-refractivity contribution is 5.53. The number of hydrogen-bond acceptors (Lipinski definition) is 5. The van der Waals surface area contributed by atoms with E-state index < -0.39 is 0 Å². The minimum Gasteiger partial charge on any atom is -0.395 e. The van der Waals surface area contributed by atoms with Gasteiger partial charge in [0.1, 0.15) is 0 Å². The fraction of sp³-hybridized carbons (Fsp3) is 0.467. The first kappa shape index (κ1) is 14.7. The quantitative estimate of drug-likeness (QED) is 0.798. The van der Waals surface area contributed by atoms with Crippen molar-refractivity contribution in [2.24, 2.45) is 0 Å². The maximum absolute atomic E-state index is 8.93. The van der Waals surface area contributed by atoms with Crippen molar-refractivity contribution in [3.05, 3.63) is 36.2 Å². The van der Waals surface area contributed by atoms with Crippen molar-refractivity contribution in [3.63, 3.8) is 0 Å². The number of aliphatic hydroxyl groups excluding tert-OH is 1. The van der Waals surface area contributed by atoms with Crippen molar-refractivity contribution in [2.75, 3.05) is 26.2 Å². The van der Waals surface area contributed by atoms with E-state index in [0.717, 1.165) is 38.0 Å². The third kappa shape index (κ3) is 4.15. The monoisotopic (exact) mass is 275 g/mol. The molecule has 0 saturated carbocycles. The molecular formula is C15H21N3O2. The van der Waals surface area contributed by atoms with Crippen LogP contribution in [-0.2, 0) is 6.42 Å². The third-order valence-corrected chi connectivity index (χ3v) is 3.23. The molecule has 5 nitrogen and oxygen atoms in total. The Hall–Kier alpha value is -1.72. The van der Waals surface area contributed by atoms with Gasteiger partial charge in [0.2, 0.25) is 11.7 Å². The molecule has 0 aliphatic carbocycles. The van der Waals surface area contributed by atoms with Crippen LogP contribution in [0.25, 0.3) is 11.4 Å². The van der Waals surface area contributed by atoms with Gasteiger partial charge in [-0.25, -0.2) is 0 Å². The van der Waals surface area contributed by atoms with Gasteiger partial charge in [0.25, 0.3) is 0 Å². The summed E-state index contributed by atoms with van der Waals surface area (Å²) in [6.07, 6.45) is 1.71. The van der Waals surface area contributed by atoms with Crippen LogP contribution in [-0.4, -0.2) is 46.4 Å². The van der Waals surface area contributed by atoms with Gasteiger partial charge in [-0.15, -0.1) is 0 Å². The number of aliphatic hydroxyl groups is 1. The van der Waals surface area contributed by atoms with Gasteiger partial charge in [0.15, 0.2) is 0 Å². The van der Waals surface area contributed by atoms with Gasteiger partial charge >= 0.3 is 0 Å². The molecule has 1 heterocycles. The average molecular weight is 275 g/mol. The zero-order valence-electron chi connectivity index (χ0n) is 11.8. The van der Waals surface area contributed by atoms with Crippen molar-refractivity contribution in [1.29, 1.82) is 0 Å². The number of aromatic nitrogens is 2. The van der Waals surface area contributed by atoms with Crippen LogP contribution < -0.4 is 0 Å². The molecule has 0 saturated heterocycles. The lowest BCUT2D eigenvalue weighted by atomic mass is 10.2. The minimum atomic E-state index is 0.201. The molecule has 1 aromatic carbocycles. The molecule has 0 spiro atoms. The zero-order valence-corrected chi connectivity index (χ0v) is 11.8. The zero-order chi connectivity index (χ0) is 14.2. The Morgan fingerprint density at radius 3 is 2.70 bits per heavy atom. The normalized spacial score (nSPS) is 11.2. The van der Waals surface area contributed by atoms with Gasteiger partial charge < -0.3 is 14.5 Å². The first-order chi connectivity index (χ1) is 9.83. The lowest BCUT2D eigenvalue weighted by molar-refractivity contribution is 0.199. The second-order valence-corrected chi connectivity index (χ2v) is 4.64. The molecule has 2 aromatic rings. The molecule has 0 aliphatic heterocycles. The minimum absolute atomic E-state index is 0.201. The summed E-state index contributed by atoms with van der Waals surface area (Å²) in [5.74, 6) is 1.31. The maximum Gasteiger partial charge on any atom is 0.227 e. The van der Waals surface area contributed by atoms with E-state index in [-0.39, 0.29) is 6.61 Å². The Morgan fingerprint density at radius 1 is 1.20 bits per heavy atom. The molecule has 1 aromatic heterocycles. The molecule has 0 aliphatic rings. The summed E-state index contributed by atoms with van der Waals surface area (Å²) < 4.78 is 5.27. The second kappa shape index (κ2) is 7.77. The molecule has 0 unspecified atom stereocenters. The number of aryl methyl sites for hydroxylation is 1. The summed E-state index contributed by atoms with van der Waals surface area (Å²) in [6.45, 7) is 4.89. The molecule has 0 fully saturated rings. The van der Waals surface area contributed by atoms with E-state index >= 15 is 0 Å². The van der Waals surface area contributed by atoms with Gasteiger partial charge in [-0.1, -0.05) is 42.4 Å². The Balaban J connectivity index is 1.84. The van der Waals surface area contributed by atoms with Crippen LogP contribution in [0.4, 0.5) is 0 Å². The van der Waals surface area contributed by atoms with Crippen molar-refractivity contribution in [1.82, 2.24) is 15.0 Å². The largest absolute Gasteiger partial charge is 0.395 e. The first-order valence-electron chi connectivity index (χ1n) is 7.04. The van der Waals surface area contributed by atoms with Crippen molar-refractivity contribution < 1.29 is 9.63 Å². The summed E-state index contributed by atoms with van der Waals surface area (Å²) >= 11 is 0. The van der Waals surface area contributed by atoms with Crippen LogP contribution in [0.1, 0.15) is 19.2 Å². The van der Waals surface area contributed by atoms with E-state index in [1.165, 1.54) is 0 Å². The number of nitrogens with zero attached hydrogens (tertiary/aromatic N) is 3. The Bertz CT molecular complexity index is 499. The molecule has 2 rings (SSSR count). The Labute approximate surface area is 119 Å². The standard InChI is InChI=1S/C15H21N3O2/c1-2-18(11-12-19)10-6-9-14-16-15(17-20-14)13-7-4-3-5-8-13/h3-5,7-8,19H,2,6,9-12H2,1H3. The van der Waals surface area contributed by atoms with E-state index in [4.69, 9.17) is 9.63 Å². The summed E-state index contributed by atoms with van der Waals surface area (Å²) in [5.41, 5.74) is 0.970. The van der Waals surface area contributed by atoms with Gasteiger partial charge in [0.05, 0.1) is 6.61 Å². The van der Waals surface area contributed by atoms with E-state index in [9.17, 15) is 0 Å². The topological polar surface area (TPSA) is 62.4 Å². The summed E-state index contributed by atoms with van der Waals surface area (Å²) in [7, 11) is 0. The highest BCUT2D eigenvalue weighted by atomic mass is 16.5. The maximum atomic E-state index is 8.93. The third-order valence-electron chi connectivity index (χ3n) is 3.23. The second-order valence-electron chi connectivity index (χ2n) is 4.64. The first-order valence-corrected chi connectivity index (χ1v) is 7.04. The molecule has 0 radical (unpaired) electrons. The van der Waals surface area contributed by atoms with Crippen LogP contribution >= 0.6 is 0 Å². The molecule has 20 heavy (non-hydrogen) atoms. The fourth-order valence-electron chi connectivity index (χ4n) is 2.08.